The molecule has 0 bridgehead atoms. The number of allylic oxidation sites excluding steroid dienone is 4. The molecule has 0 aromatic heterocycles. The first-order chi connectivity index (χ1) is 10.4. The highest BCUT2D eigenvalue weighted by Gasteiger charge is 2.10. The zero-order valence-electron chi connectivity index (χ0n) is 13.7. The predicted molar refractivity (Wildman–Crippen MR) is 103 cm³/mol. The van der Waals surface area contributed by atoms with Crippen molar-refractivity contribution in [2.24, 2.45) is 5.92 Å². The van der Waals surface area contributed by atoms with Crippen molar-refractivity contribution >= 4 is 22.6 Å². The fraction of sp³-hybridized carbons (Fsp3) is 0.800. The molecule has 2 rings (SSSR count). The molecule has 120 valence electrons. The van der Waals surface area contributed by atoms with Crippen molar-refractivity contribution in [1.82, 2.24) is 0 Å². The van der Waals surface area contributed by atoms with Crippen LogP contribution in [0.25, 0.3) is 0 Å². The topological polar surface area (TPSA) is 0 Å². The summed E-state index contributed by atoms with van der Waals surface area (Å²) in [5, 5.41) is 0. The van der Waals surface area contributed by atoms with Gasteiger partial charge in [-0.15, -0.1) is 0 Å². The van der Waals surface area contributed by atoms with E-state index < -0.39 is 0 Å². The summed E-state index contributed by atoms with van der Waals surface area (Å²) in [7, 11) is 0. The maximum absolute atomic E-state index is 2.64. The molecular formula is C20H33I. The molecule has 0 heterocycles. The lowest BCUT2D eigenvalue weighted by molar-refractivity contribution is 0.419. The molecule has 2 aliphatic rings. The summed E-state index contributed by atoms with van der Waals surface area (Å²) < 4.78 is 1.65. The van der Waals surface area contributed by atoms with Crippen LogP contribution >= 0.6 is 22.6 Å². The van der Waals surface area contributed by atoms with E-state index in [0.717, 1.165) is 5.92 Å². The van der Waals surface area contributed by atoms with E-state index in [1.54, 1.807) is 9.15 Å². The second-order valence-electron chi connectivity index (χ2n) is 7.02. The number of hydrogen-bond donors (Lipinski definition) is 0. The van der Waals surface area contributed by atoms with Gasteiger partial charge >= 0.3 is 0 Å². The Labute approximate surface area is 146 Å². The van der Waals surface area contributed by atoms with Gasteiger partial charge in [-0.3, -0.25) is 0 Å². The van der Waals surface area contributed by atoms with Gasteiger partial charge in [0.25, 0.3) is 0 Å². The molecule has 0 spiro atoms. The maximum Gasteiger partial charge on any atom is -0.00622 e. The minimum atomic E-state index is 0.872. The van der Waals surface area contributed by atoms with Crippen molar-refractivity contribution in [3.8, 4) is 0 Å². The van der Waals surface area contributed by atoms with E-state index >= 15 is 0 Å². The first-order valence-electron chi connectivity index (χ1n) is 9.42. The Hall–Kier alpha value is 0.210. The fourth-order valence-corrected chi connectivity index (χ4v) is 4.54. The van der Waals surface area contributed by atoms with E-state index in [2.05, 4.69) is 34.7 Å². The van der Waals surface area contributed by atoms with Crippen molar-refractivity contribution in [1.29, 1.82) is 0 Å². The van der Waals surface area contributed by atoms with Crippen LogP contribution in [0.3, 0.4) is 0 Å². The summed E-state index contributed by atoms with van der Waals surface area (Å²) in [4.78, 5) is 0. The van der Waals surface area contributed by atoms with Crippen LogP contribution < -0.4 is 0 Å². The van der Waals surface area contributed by atoms with E-state index in [9.17, 15) is 0 Å². The Bertz CT molecular complexity index is 334. The molecule has 2 aliphatic carbocycles. The molecule has 0 saturated heterocycles. The van der Waals surface area contributed by atoms with E-state index in [1.807, 2.05) is 0 Å². The molecule has 1 saturated carbocycles. The molecule has 0 N–H and O–H groups in total. The van der Waals surface area contributed by atoms with Gasteiger partial charge in [-0.1, -0.05) is 69.9 Å². The van der Waals surface area contributed by atoms with Crippen LogP contribution in [0.5, 0.6) is 0 Å². The smallest absolute Gasteiger partial charge is 0.00622 e. The van der Waals surface area contributed by atoms with Crippen molar-refractivity contribution in [3.05, 3.63) is 21.3 Å². The van der Waals surface area contributed by atoms with Gasteiger partial charge in [0.1, 0.15) is 0 Å². The van der Waals surface area contributed by atoms with Crippen LogP contribution in [-0.2, 0) is 0 Å². The van der Waals surface area contributed by atoms with Crippen LogP contribution in [0.4, 0.5) is 0 Å². The van der Waals surface area contributed by atoms with Gasteiger partial charge in [0, 0.05) is 0 Å². The third kappa shape index (κ3) is 7.34. The first-order valence-corrected chi connectivity index (χ1v) is 10.5. The molecule has 0 radical (unpaired) electrons. The van der Waals surface area contributed by atoms with Crippen molar-refractivity contribution in [2.45, 2.75) is 96.3 Å². The Kier molecular flexibility index (Phi) is 9.08. The average molecular weight is 400 g/mol. The second kappa shape index (κ2) is 10.9. The van der Waals surface area contributed by atoms with E-state index in [-0.39, 0.29) is 0 Å². The lowest BCUT2D eigenvalue weighted by atomic mass is 9.88. The summed E-state index contributed by atoms with van der Waals surface area (Å²) in [5.74, 6) is 0.872. The summed E-state index contributed by atoms with van der Waals surface area (Å²) in [6, 6.07) is 0. The number of halogens is 1. The molecular weight excluding hydrogens is 367 g/mol. The van der Waals surface area contributed by atoms with E-state index in [1.165, 1.54) is 96.3 Å². The zero-order chi connectivity index (χ0) is 14.8. The van der Waals surface area contributed by atoms with Gasteiger partial charge in [0.05, 0.1) is 0 Å². The van der Waals surface area contributed by atoms with Gasteiger partial charge < -0.3 is 0 Å². The van der Waals surface area contributed by atoms with Crippen LogP contribution in [0.1, 0.15) is 96.3 Å². The summed E-state index contributed by atoms with van der Waals surface area (Å²) >= 11 is 2.64. The van der Waals surface area contributed by atoms with Crippen LogP contribution in [0.15, 0.2) is 21.3 Å². The van der Waals surface area contributed by atoms with E-state index in [0.29, 0.717) is 0 Å². The van der Waals surface area contributed by atoms with Crippen molar-refractivity contribution < 1.29 is 0 Å². The molecule has 0 aromatic rings. The minimum absolute atomic E-state index is 0.872. The van der Waals surface area contributed by atoms with Gasteiger partial charge in [-0.25, -0.2) is 0 Å². The standard InChI is InChI=1S/C20H33I/c21-20-15-11-6-4-2-1-3-5-10-14-19(20)17-16-18-12-8-7-9-13-18/h16-18H,1-15H2/b17-16+,20-19+. The van der Waals surface area contributed by atoms with Crippen molar-refractivity contribution in [2.75, 3.05) is 0 Å². The second-order valence-corrected chi connectivity index (χ2v) is 8.32. The Morgan fingerprint density at radius 1 is 0.667 bits per heavy atom. The molecule has 0 nitrogen and oxygen atoms in total. The highest BCUT2D eigenvalue weighted by atomic mass is 127. The molecule has 0 unspecified atom stereocenters. The largest absolute Gasteiger partial charge is 0.0811 e. The molecule has 0 aliphatic heterocycles. The summed E-state index contributed by atoms with van der Waals surface area (Å²) in [5.41, 5.74) is 1.67. The Morgan fingerprint density at radius 2 is 1.19 bits per heavy atom. The van der Waals surface area contributed by atoms with Gasteiger partial charge in [-0.2, -0.15) is 0 Å². The third-order valence-corrected chi connectivity index (χ3v) is 6.39. The lowest BCUT2D eigenvalue weighted by Crippen LogP contribution is -2.02. The monoisotopic (exact) mass is 400 g/mol. The normalized spacial score (nSPS) is 28.2. The molecule has 0 aromatic carbocycles. The molecule has 0 atom stereocenters. The molecule has 0 amide bonds. The fourth-order valence-electron chi connectivity index (χ4n) is 3.71. The SMILES string of the molecule is I/C1=C(/C=C/C2CCCCC2)CCCCCCCCCC1. The van der Waals surface area contributed by atoms with Gasteiger partial charge in [0.2, 0.25) is 0 Å². The van der Waals surface area contributed by atoms with Crippen LogP contribution in [0.2, 0.25) is 0 Å². The van der Waals surface area contributed by atoms with Crippen molar-refractivity contribution in [3.63, 3.8) is 0 Å². The lowest BCUT2D eigenvalue weighted by Gasteiger charge is -2.18. The molecule has 21 heavy (non-hydrogen) atoms. The molecule has 1 heteroatoms. The summed E-state index contributed by atoms with van der Waals surface area (Å²) in [6.45, 7) is 0. The zero-order valence-corrected chi connectivity index (χ0v) is 15.9. The number of rotatable bonds is 2. The highest BCUT2D eigenvalue weighted by Crippen LogP contribution is 2.29. The summed E-state index contributed by atoms with van der Waals surface area (Å²) in [6.07, 6.45) is 26.5. The Morgan fingerprint density at radius 3 is 1.86 bits per heavy atom. The average Bonchev–Trinajstić information content (AvgIpc) is 2.51. The van der Waals surface area contributed by atoms with Gasteiger partial charge in [-0.05, 0) is 76.2 Å². The minimum Gasteiger partial charge on any atom is -0.0811 e. The quantitative estimate of drug-likeness (QED) is 0.416. The Balaban J connectivity index is 1.92. The van der Waals surface area contributed by atoms with Gasteiger partial charge in [0.15, 0.2) is 0 Å². The maximum atomic E-state index is 2.64. The third-order valence-electron chi connectivity index (χ3n) is 5.16. The predicted octanol–water partition coefficient (Wildman–Crippen LogP) is 7.73. The molecule has 1 fully saturated rings. The van der Waals surface area contributed by atoms with Crippen LogP contribution in [-0.4, -0.2) is 0 Å². The highest BCUT2D eigenvalue weighted by molar-refractivity contribution is 14.1. The first kappa shape index (κ1) is 17.6. The number of hydrogen-bond acceptors (Lipinski definition) is 0. The van der Waals surface area contributed by atoms with Crippen LogP contribution in [0, 0.1) is 5.92 Å². The van der Waals surface area contributed by atoms with E-state index in [4.69, 9.17) is 0 Å².